The molecule has 0 aliphatic rings. The lowest BCUT2D eigenvalue weighted by molar-refractivity contribution is 0.628. The van der Waals surface area contributed by atoms with E-state index in [-0.39, 0.29) is 5.82 Å². The topological polar surface area (TPSA) is 25.8 Å². The summed E-state index contributed by atoms with van der Waals surface area (Å²) in [4.78, 5) is 8.40. The zero-order chi connectivity index (χ0) is 14.0. The van der Waals surface area contributed by atoms with Crippen molar-refractivity contribution in [1.82, 2.24) is 9.97 Å². The Morgan fingerprint density at radius 1 is 1.21 bits per heavy atom. The molecule has 1 aromatic carbocycles. The zero-order valence-corrected chi connectivity index (χ0v) is 13.2. The number of aromatic nitrogens is 2. The molecule has 0 aliphatic heterocycles. The third kappa shape index (κ3) is 3.25. The molecule has 0 saturated heterocycles. The standard InChI is InChI=1S/C13H10BrCl2FN2/c1-2-3-8-11(15)18-13(19-12(8)16)9-6-7(17)4-5-10(9)14/h4-6H,2-3H2,1H3. The van der Waals surface area contributed by atoms with E-state index < -0.39 is 0 Å². The van der Waals surface area contributed by atoms with Gasteiger partial charge in [-0.3, -0.25) is 0 Å². The minimum absolute atomic E-state index is 0.307. The lowest BCUT2D eigenvalue weighted by atomic mass is 10.2. The predicted octanol–water partition coefficient (Wildman–Crippen LogP) is 5.30. The van der Waals surface area contributed by atoms with Gasteiger partial charge in [-0.25, -0.2) is 14.4 Å². The summed E-state index contributed by atoms with van der Waals surface area (Å²) in [7, 11) is 0. The van der Waals surface area contributed by atoms with Crippen LogP contribution in [-0.4, -0.2) is 9.97 Å². The van der Waals surface area contributed by atoms with E-state index in [0.717, 1.165) is 12.0 Å². The number of nitrogens with zero attached hydrogens (tertiary/aromatic N) is 2. The molecule has 0 N–H and O–H groups in total. The van der Waals surface area contributed by atoms with Crippen LogP contribution in [0.5, 0.6) is 0 Å². The van der Waals surface area contributed by atoms with Gasteiger partial charge in [-0.2, -0.15) is 0 Å². The molecule has 0 fully saturated rings. The Labute approximate surface area is 129 Å². The van der Waals surface area contributed by atoms with Crippen LogP contribution in [-0.2, 0) is 6.42 Å². The fraction of sp³-hybridized carbons (Fsp3) is 0.231. The first-order valence-electron chi connectivity index (χ1n) is 5.70. The summed E-state index contributed by atoms with van der Waals surface area (Å²) in [5.74, 6) is -0.0621. The molecule has 0 aliphatic carbocycles. The monoisotopic (exact) mass is 362 g/mol. The van der Waals surface area contributed by atoms with Crippen LogP contribution >= 0.6 is 39.1 Å². The van der Waals surface area contributed by atoms with Crippen LogP contribution in [0.2, 0.25) is 10.3 Å². The van der Waals surface area contributed by atoms with Gasteiger partial charge in [0.05, 0.1) is 0 Å². The molecule has 2 rings (SSSR count). The average molecular weight is 364 g/mol. The number of hydrogen-bond donors (Lipinski definition) is 0. The molecule has 0 unspecified atom stereocenters. The molecule has 100 valence electrons. The summed E-state index contributed by atoms with van der Waals surface area (Å²) in [5.41, 5.74) is 1.24. The van der Waals surface area contributed by atoms with E-state index in [1.54, 1.807) is 6.07 Å². The largest absolute Gasteiger partial charge is 0.216 e. The summed E-state index contributed by atoms with van der Waals surface area (Å²) >= 11 is 15.6. The number of rotatable bonds is 3. The maximum absolute atomic E-state index is 13.3. The second-order valence-electron chi connectivity index (χ2n) is 3.98. The molecular weight excluding hydrogens is 354 g/mol. The smallest absolute Gasteiger partial charge is 0.163 e. The highest BCUT2D eigenvalue weighted by Crippen LogP contribution is 2.30. The summed E-state index contributed by atoms with van der Waals surface area (Å²) in [6, 6.07) is 4.28. The molecule has 2 aromatic rings. The van der Waals surface area contributed by atoms with Crippen LogP contribution in [0.15, 0.2) is 22.7 Å². The third-order valence-corrected chi connectivity index (χ3v) is 3.89. The Balaban J connectivity index is 2.55. The molecule has 0 atom stereocenters. The molecule has 1 aromatic heterocycles. The number of halogens is 4. The van der Waals surface area contributed by atoms with Gasteiger partial charge in [0.25, 0.3) is 0 Å². The Morgan fingerprint density at radius 3 is 2.42 bits per heavy atom. The normalized spacial score (nSPS) is 10.8. The molecule has 0 bridgehead atoms. The lowest BCUT2D eigenvalue weighted by Crippen LogP contribution is -1.98. The summed E-state index contributed by atoms with van der Waals surface area (Å²) < 4.78 is 14.0. The molecule has 0 amide bonds. The van der Waals surface area contributed by atoms with Crippen LogP contribution < -0.4 is 0 Å². The van der Waals surface area contributed by atoms with Gasteiger partial charge in [0.2, 0.25) is 0 Å². The second-order valence-corrected chi connectivity index (χ2v) is 5.55. The first-order valence-corrected chi connectivity index (χ1v) is 7.25. The van der Waals surface area contributed by atoms with E-state index in [4.69, 9.17) is 23.2 Å². The first-order chi connectivity index (χ1) is 9.02. The fourth-order valence-electron chi connectivity index (χ4n) is 1.68. The summed E-state index contributed by atoms with van der Waals surface area (Å²) in [6.07, 6.45) is 1.61. The summed E-state index contributed by atoms with van der Waals surface area (Å²) in [5, 5.41) is 0.626. The van der Waals surface area contributed by atoms with Gasteiger partial charge < -0.3 is 0 Å². The lowest BCUT2D eigenvalue weighted by Gasteiger charge is -2.08. The maximum atomic E-state index is 13.3. The highest BCUT2D eigenvalue weighted by molar-refractivity contribution is 9.10. The van der Waals surface area contributed by atoms with Gasteiger partial charge in [0.1, 0.15) is 16.1 Å². The van der Waals surface area contributed by atoms with Crippen LogP contribution in [0.4, 0.5) is 4.39 Å². The average Bonchev–Trinajstić information content (AvgIpc) is 2.36. The van der Waals surface area contributed by atoms with Gasteiger partial charge in [-0.05, 0) is 24.6 Å². The van der Waals surface area contributed by atoms with E-state index in [9.17, 15) is 4.39 Å². The molecule has 2 nitrogen and oxygen atoms in total. The third-order valence-electron chi connectivity index (χ3n) is 2.58. The van der Waals surface area contributed by atoms with E-state index in [2.05, 4.69) is 25.9 Å². The van der Waals surface area contributed by atoms with Crippen molar-refractivity contribution in [2.45, 2.75) is 19.8 Å². The van der Waals surface area contributed by atoms with Crippen molar-refractivity contribution in [2.75, 3.05) is 0 Å². The molecule has 0 radical (unpaired) electrons. The Hall–Kier alpha value is -0.710. The molecule has 1 heterocycles. The SMILES string of the molecule is CCCc1c(Cl)nc(-c2cc(F)ccc2Br)nc1Cl. The quantitative estimate of drug-likeness (QED) is 0.691. The van der Waals surface area contributed by atoms with Crippen LogP contribution in [0, 0.1) is 5.82 Å². The minimum atomic E-state index is -0.369. The second kappa shape index (κ2) is 6.16. The van der Waals surface area contributed by atoms with E-state index in [1.165, 1.54) is 12.1 Å². The van der Waals surface area contributed by atoms with Crippen LogP contribution in [0.1, 0.15) is 18.9 Å². The van der Waals surface area contributed by atoms with Gasteiger partial charge in [0, 0.05) is 15.6 Å². The van der Waals surface area contributed by atoms with Crippen molar-refractivity contribution >= 4 is 39.1 Å². The van der Waals surface area contributed by atoms with E-state index in [0.29, 0.717) is 32.6 Å². The number of benzene rings is 1. The summed E-state index contributed by atoms with van der Waals surface area (Å²) in [6.45, 7) is 2.02. The molecule has 19 heavy (non-hydrogen) atoms. The van der Waals surface area contributed by atoms with Crippen molar-refractivity contribution in [3.8, 4) is 11.4 Å². The van der Waals surface area contributed by atoms with E-state index in [1.807, 2.05) is 6.92 Å². The van der Waals surface area contributed by atoms with Crippen molar-refractivity contribution in [2.24, 2.45) is 0 Å². The first kappa shape index (κ1) is 14.7. The van der Waals surface area contributed by atoms with E-state index >= 15 is 0 Å². The molecule has 0 saturated carbocycles. The Morgan fingerprint density at radius 2 is 1.84 bits per heavy atom. The van der Waals surface area contributed by atoms with Gasteiger partial charge in [0.15, 0.2) is 5.82 Å². The van der Waals surface area contributed by atoms with Crippen molar-refractivity contribution in [1.29, 1.82) is 0 Å². The number of hydrogen-bond acceptors (Lipinski definition) is 2. The minimum Gasteiger partial charge on any atom is -0.216 e. The van der Waals surface area contributed by atoms with Gasteiger partial charge in [-0.1, -0.05) is 52.5 Å². The highest BCUT2D eigenvalue weighted by atomic mass is 79.9. The molecule has 6 heteroatoms. The predicted molar refractivity (Wildman–Crippen MR) is 79.1 cm³/mol. The fourth-order valence-corrected chi connectivity index (χ4v) is 2.68. The van der Waals surface area contributed by atoms with Crippen LogP contribution in [0.25, 0.3) is 11.4 Å². The Kier molecular flexibility index (Phi) is 4.76. The molecule has 0 spiro atoms. The zero-order valence-electron chi connectivity index (χ0n) is 10.1. The van der Waals surface area contributed by atoms with Crippen molar-refractivity contribution in [3.05, 3.63) is 44.4 Å². The Bertz CT molecular complexity index is 597. The molecular formula is C13H10BrCl2FN2. The maximum Gasteiger partial charge on any atom is 0.163 e. The van der Waals surface area contributed by atoms with Gasteiger partial charge in [-0.15, -0.1) is 0 Å². The van der Waals surface area contributed by atoms with Crippen LogP contribution in [0.3, 0.4) is 0 Å². The highest BCUT2D eigenvalue weighted by Gasteiger charge is 2.14. The van der Waals surface area contributed by atoms with Crippen molar-refractivity contribution in [3.63, 3.8) is 0 Å². The van der Waals surface area contributed by atoms with Gasteiger partial charge >= 0.3 is 0 Å². The van der Waals surface area contributed by atoms with Crippen molar-refractivity contribution < 1.29 is 4.39 Å².